The zero-order valence-corrected chi connectivity index (χ0v) is 17.9. The van der Waals surface area contributed by atoms with Crippen molar-refractivity contribution in [2.45, 2.75) is 31.5 Å². The summed E-state index contributed by atoms with van der Waals surface area (Å²) in [6, 6.07) is 11.7. The van der Waals surface area contributed by atoms with Crippen LogP contribution in [0.1, 0.15) is 34.0 Å². The summed E-state index contributed by atoms with van der Waals surface area (Å²) in [5, 5.41) is 20.6. The van der Waals surface area contributed by atoms with Gasteiger partial charge >= 0.3 is 0 Å². The molecule has 170 valence electrons. The standard InChI is InChI=1S/C23H25F2N3O4/c1-23(31,22(24)25)19(21(30)27-32)26-20(29)18-12-10-16(11-13-18)5-4-15-6-8-17(9-7-15)14-28(2)3/h6-13,19,22,31-32H,14H2,1-3H3,(H,26,29)(H,27,30)/t19-,23?/m1/s1. The Morgan fingerprint density at radius 3 is 1.97 bits per heavy atom. The quantitative estimate of drug-likeness (QED) is 0.296. The molecule has 2 aromatic carbocycles. The maximum absolute atomic E-state index is 13.1. The van der Waals surface area contributed by atoms with Crippen LogP contribution in [-0.4, -0.2) is 59.2 Å². The molecule has 0 fully saturated rings. The molecule has 0 aliphatic rings. The van der Waals surface area contributed by atoms with Crippen LogP contribution in [-0.2, 0) is 11.3 Å². The van der Waals surface area contributed by atoms with Crippen LogP contribution in [0.2, 0.25) is 0 Å². The fourth-order valence-electron chi connectivity index (χ4n) is 2.79. The molecule has 9 heteroatoms. The van der Waals surface area contributed by atoms with Gasteiger partial charge in [-0.1, -0.05) is 24.0 Å². The van der Waals surface area contributed by atoms with Crippen LogP contribution in [0, 0.1) is 11.8 Å². The van der Waals surface area contributed by atoms with Crippen LogP contribution in [0.15, 0.2) is 48.5 Å². The topological polar surface area (TPSA) is 102 Å². The second kappa shape index (κ2) is 10.8. The van der Waals surface area contributed by atoms with E-state index < -0.39 is 29.9 Å². The number of halogens is 2. The summed E-state index contributed by atoms with van der Waals surface area (Å²) in [5.41, 5.74) is 0.933. The highest BCUT2D eigenvalue weighted by molar-refractivity contribution is 5.97. The Balaban J connectivity index is 2.11. The summed E-state index contributed by atoms with van der Waals surface area (Å²) >= 11 is 0. The summed E-state index contributed by atoms with van der Waals surface area (Å²) in [4.78, 5) is 26.1. The highest BCUT2D eigenvalue weighted by Gasteiger charge is 2.46. The number of amides is 2. The van der Waals surface area contributed by atoms with Gasteiger partial charge < -0.3 is 15.3 Å². The molecule has 0 aliphatic carbocycles. The largest absolute Gasteiger partial charge is 0.381 e. The number of rotatable bonds is 7. The van der Waals surface area contributed by atoms with E-state index in [2.05, 4.69) is 16.7 Å². The number of nitrogens with one attached hydrogen (secondary N) is 2. The molecule has 0 bridgehead atoms. The summed E-state index contributed by atoms with van der Waals surface area (Å²) in [6.07, 6.45) is -3.35. The first-order valence-corrected chi connectivity index (χ1v) is 9.65. The number of carbonyl (C=O) groups is 2. The number of carbonyl (C=O) groups excluding carboxylic acids is 2. The first-order chi connectivity index (χ1) is 15.0. The van der Waals surface area contributed by atoms with Crippen LogP contribution >= 0.6 is 0 Å². The Morgan fingerprint density at radius 1 is 1.03 bits per heavy atom. The average Bonchev–Trinajstić information content (AvgIpc) is 2.76. The molecular formula is C23H25F2N3O4. The van der Waals surface area contributed by atoms with Gasteiger partial charge in [-0.25, -0.2) is 14.3 Å². The third kappa shape index (κ3) is 6.59. The highest BCUT2D eigenvalue weighted by Crippen LogP contribution is 2.20. The zero-order chi connectivity index (χ0) is 23.9. The molecule has 0 heterocycles. The first-order valence-electron chi connectivity index (χ1n) is 9.65. The van der Waals surface area contributed by atoms with Crippen LogP contribution in [0.3, 0.4) is 0 Å². The van der Waals surface area contributed by atoms with E-state index in [4.69, 9.17) is 5.21 Å². The summed E-state index contributed by atoms with van der Waals surface area (Å²) in [6.45, 7) is 1.51. The second-order valence-corrected chi connectivity index (χ2v) is 7.67. The van der Waals surface area contributed by atoms with Crippen molar-refractivity contribution in [1.29, 1.82) is 0 Å². The lowest BCUT2D eigenvalue weighted by Crippen LogP contribution is -2.61. The zero-order valence-electron chi connectivity index (χ0n) is 17.9. The van der Waals surface area contributed by atoms with Crippen LogP contribution in [0.4, 0.5) is 8.78 Å². The van der Waals surface area contributed by atoms with E-state index >= 15 is 0 Å². The molecule has 0 aromatic heterocycles. The molecule has 1 unspecified atom stereocenters. The number of hydroxylamine groups is 1. The lowest BCUT2D eigenvalue weighted by molar-refractivity contribution is -0.149. The van der Waals surface area contributed by atoms with Crippen LogP contribution in [0.25, 0.3) is 0 Å². The Hall–Kier alpha value is -3.32. The van der Waals surface area contributed by atoms with Crippen molar-refractivity contribution in [3.63, 3.8) is 0 Å². The van der Waals surface area contributed by atoms with Gasteiger partial charge in [0.1, 0.15) is 6.04 Å². The van der Waals surface area contributed by atoms with Gasteiger partial charge in [0, 0.05) is 23.2 Å². The number of alkyl halides is 2. The molecule has 2 amide bonds. The van der Waals surface area contributed by atoms with Gasteiger partial charge in [-0.05, 0) is 63.0 Å². The molecule has 2 aromatic rings. The van der Waals surface area contributed by atoms with Gasteiger partial charge in [-0.3, -0.25) is 14.8 Å². The minimum atomic E-state index is -3.35. The van der Waals surface area contributed by atoms with E-state index in [-0.39, 0.29) is 5.56 Å². The van der Waals surface area contributed by atoms with Gasteiger partial charge in [0.15, 0.2) is 5.60 Å². The van der Waals surface area contributed by atoms with E-state index in [1.807, 2.05) is 43.7 Å². The SMILES string of the molecule is CN(C)Cc1ccc(C#Cc2ccc(C(=O)N[C@H](C(=O)NO)C(C)(O)C(F)F)cc2)cc1. The Morgan fingerprint density at radius 2 is 1.53 bits per heavy atom. The van der Waals surface area contributed by atoms with E-state index in [1.165, 1.54) is 17.6 Å². The normalized spacial score (nSPS) is 13.7. The Labute approximate surface area is 185 Å². The Bertz CT molecular complexity index is 995. The predicted molar refractivity (Wildman–Crippen MR) is 114 cm³/mol. The summed E-state index contributed by atoms with van der Waals surface area (Å²) < 4.78 is 26.2. The van der Waals surface area contributed by atoms with Gasteiger partial charge in [0.2, 0.25) is 0 Å². The average molecular weight is 445 g/mol. The lowest BCUT2D eigenvalue weighted by atomic mass is 9.95. The van der Waals surface area contributed by atoms with E-state index in [0.29, 0.717) is 12.5 Å². The number of nitrogens with zero attached hydrogens (tertiary/aromatic N) is 1. The fraction of sp³-hybridized carbons (Fsp3) is 0.304. The molecule has 2 atom stereocenters. The van der Waals surface area contributed by atoms with E-state index in [9.17, 15) is 23.5 Å². The number of aliphatic hydroxyl groups is 1. The van der Waals surface area contributed by atoms with Gasteiger partial charge in [-0.2, -0.15) is 0 Å². The van der Waals surface area contributed by atoms with E-state index in [0.717, 1.165) is 17.7 Å². The molecule has 0 aliphatic heterocycles. The smallest absolute Gasteiger partial charge is 0.269 e. The third-order valence-corrected chi connectivity index (χ3v) is 4.63. The first kappa shape index (κ1) is 24.9. The van der Waals surface area contributed by atoms with Gasteiger partial charge in [-0.15, -0.1) is 0 Å². The minimum absolute atomic E-state index is 0.0596. The van der Waals surface area contributed by atoms with Gasteiger partial charge in [0.05, 0.1) is 0 Å². The number of hydrogen-bond donors (Lipinski definition) is 4. The molecule has 32 heavy (non-hydrogen) atoms. The van der Waals surface area contributed by atoms with Crippen LogP contribution in [0.5, 0.6) is 0 Å². The molecular weight excluding hydrogens is 420 g/mol. The van der Waals surface area contributed by atoms with Crippen molar-refractivity contribution in [1.82, 2.24) is 15.7 Å². The molecule has 0 spiro atoms. The van der Waals surface area contributed by atoms with Gasteiger partial charge in [0.25, 0.3) is 18.2 Å². The minimum Gasteiger partial charge on any atom is -0.381 e. The van der Waals surface area contributed by atoms with Crippen molar-refractivity contribution < 1.29 is 28.7 Å². The van der Waals surface area contributed by atoms with E-state index in [1.54, 1.807) is 12.1 Å². The van der Waals surface area contributed by atoms with Crippen molar-refractivity contribution in [3.8, 4) is 11.8 Å². The number of benzene rings is 2. The fourth-order valence-corrected chi connectivity index (χ4v) is 2.79. The second-order valence-electron chi connectivity index (χ2n) is 7.67. The van der Waals surface area contributed by atoms with Crippen molar-refractivity contribution in [2.24, 2.45) is 0 Å². The third-order valence-electron chi connectivity index (χ3n) is 4.63. The summed E-state index contributed by atoms with van der Waals surface area (Å²) in [5.74, 6) is 3.73. The van der Waals surface area contributed by atoms with Crippen molar-refractivity contribution in [2.75, 3.05) is 14.1 Å². The molecule has 0 radical (unpaired) electrons. The predicted octanol–water partition coefficient (Wildman–Crippen LogP) is 1.77. The molecule has 7 nitrogen and oxygen atoms in total. The molecule has 0 saturated carbocycles. The molecule has 2 rings (SSSR count). The maximum atomic E-state index is 13.1. The van der Waals surface area contributed by atoms with Crippen molar-refractivity contribution in [3.05, 3.63) is 70.8 Å². The molecule has 4 N–H and O–H groups in total. The van der Waals surface area contributed by atoms with Crippen LogP contribution < -0.4 is 10.8 Å². The Kier molecular flexibility index (Phi) is 8.43. The molecule has 0 saturated heterocycles. The number of hydrogen-bond acceptors (Lipinski definition) is 5. The maximum Gasteiger partial charge on any atom is 0.269 e. The highest BCUT2D eigenvalue weighted by atomic mass is 19.3. The lowest BCUT2D eigenvalue weighted by Gasteiger charge is -2.30. The summed E-state index contributed by atoms with van der Waals surface area (Å²) in [7, 11) is 3.97. The van der Waals surface area contributed by atoms with Crippen molar-refractivity contribution >= 4 is 11.8 Å². The monoisotopic (exact) mass is 445 g/mol.